The Balaban J connectivity index is 1.75. The molecule has 2 aliphatic rings. The van der Waals surface area contributed by atoms with Crippen LogP contribution in [0, 0.1) is 6.92 Å². The van der Waals surface area contributed by atoms with Crippen LogP contribution in [0.25, 0.3) is 21.6 Å². The van der Waals surface area contributed by atoms with E-state index < -0.39 is 27.0 Å². The number of benzene rings is 1. The Morgan fingerprint density at radius 3 is 2.68 bits per heavy atom. The number of rotatable bonds is 6. The summed E-state index contributed by atoms with van der Waals surface area (Å²) in [5.41, 5.74) is 1.07. The Morgan fingerprint density at radius 2 is 2.03 bits per heavy atom. The molecule has 1 saturated heterocycles. The predicted octanol–water partition coefficient (Wildman–Crippen LogP) is 3.02. The van der Waals surface area contributed by atoms with E-state index in [0.29, 0.717) is 34.7 Å². The second-order valence-electron chi connectivity index (χ2n) is 9.12. The Bertz CT molecular complexity index is 1360. The fourth-order valence-corrected chi connectivity index (χ4v) is 6.34. The first-order valence-electron chi connectivity index (χ1n) is 11.0. The van der Waals surface area contributed by atoms with Gasteiger partial charge in [0.05, 0.1) is 16.1 Å². The number of halogens is 2. The largest absolute Gasteiger partial charge is 0.364 e. The van der Waals surface area contributed by atoms with E-state index in [1.807, 2.05) is 6.92 Å². The summed E-state index contributed by atoms with van der Waals surface area (Å²) < 4.78 is 55.9. The molecular formula is C21H25F2N7O2S2. The zero-order chi connectivity index (χ0) is 24.3. The first-order chi connectivity index (χ1) is 16.1. The van der Waals surface area contributed by atoms with E-state index in [0.717, 1.165) is 37.3 Å². The van der Waals surface area contributed by atoms with E-state index in [9.17, 15) is 17.2 Å². The van der Waals surface area contributed by atoms with Crippen molar-refractivity contribution in [2.45, 2.75) is 56.5 Å². The maximum Gasteiger partial charge on any atom is 0.291 e. The van der Waals surface area contributed by atoms with Crippen molar-refractivity contribution in [3.63, 3.8) is 0 Å². The highest BCUT2D eigenvalue weighted by Crippen LogP contribution is 2.40. The lowest BCUT2D eigenvalue weighted by molar-refractivity contribution is 0.150. The van der Waals surface area contributed by atoms with Crippen LogP contribution in [0.5, 0.6) is 0 Å². The maximum absolute atomic E-state index is 13.3. The number of aromatic nitrogens is 4. The van der Waals surface area contributed by atoms with Crippen LogP contribution in [-0.2, 0) is 10.0 Å². The second kappa shape index (κ2) is 8.40. The molecule has 1 aliphatic carbocycles. The van der Waals surface area contributed by atoms with Crippen LogP contribution in [0.15, 0.2) is 17.0 Å². The van der Waals surface area contributed by atoms with Gasteiger partial charge >= 0.3 is 0 Å². The van der Waals surface area contributed by atoms with Crippen LogP contribution in [0.2, 0.25) is 0 Å². The highest BCUT2D eigenvalue weighted by Gasteiger charge is 2.41. The molecule has 3 aromatic rings. The van der Waals surface area contributed by atoms with Crippen molar-refractivity contribution in [1.29, 1.82) is 0 Å². The Labute approximate surface area is 200 Å². The van der Waals surface area contributed by atoms with E-state index in [1.165, 1.54) is 6.07 Å². The summed E-state index contributed by atoms with van der Waals surface area (Å²) in [5, 5.41) is 11.1. The molecule has 2 aromatic heterocycles. The molecule has 34 heavy (non-hydrogen) atoms. The summed E-state index contributed by atoms with van der Waals surface area (Å²) in [7, 11) is -3.84. The fraction of sp³-hybridized carbons (Fsp3) is 0.524. The van der Waals surface area contributed by atoms with Gasteiger partial charge in [0.15, 0.2) is 10.0 Å². The molecule has 13 heteroatoms. The van der Waals surface area contributed by atoms with Crippen LogP contribution in [0.1, 0.15) is 43.9 Å². The van der Waals surface area contributed by atoms with Crippen LogP contribution >= 0.6 is 11.3 Å². The third-order valence-electron chi connectivity index (χ3n) is 6.20. The minimum atomic E-state index is -3.84. The monoisotopic (exact) mass is 509 g/mol. The lowest BCUT2D eigenvalue weighted by Gasteiger charge is -2.36. The molecule has 5 rings (SSSR count). The standard InChI is InChI=1S/C21H25F2N7O2S2/c1-11-10-24-6-7-30(11)15-9-13(34(31,32)29-21(3)4-5-21)8-14-16(15)25-12(2)26-17(14)19-27-28-20(33-19)18(22)23/h8-9,11,18,24,29H,4-7,10H2,1-3H3/t11-/m1/s1. The van der Waals surface area contributed by atoms with E-state index in [2.05, 4.69) is 42.0 Å². The molecule has 182 valence electrons. The number of alkyl halides is 2. The van der Waals surface area contributed by atoms with E-state index >= 15 is 0 Å². The Kier molecular flexibility index (Phi) is 5.78. The number of sulfonamides is 1. The van der Waals surface area contributed by atoms with Crippen molar-refractivity contribution in [2.24, 2.45) is 0 Å². The lowest BCUT2D eigenvalue weighted by atomic mass is 10.1. The third kappa shape index (κ3) is 4.37. The average Bonchev–Trinajstić information content (AvgIpc) is 3.29. The van der Waals surface area contributed by atoms with Gasteiger partial charge in [-0.3, -0.25) is 0 Å². The number of nitrogens with zero attached hydrogens (tertiary/aromatic N) is 5. The summed E-state index contributed by atoms with van der Waals surface area (Å²) >= 11 is 0.742. The van der Waals surface area contributed by atoms with Crippen molar-refractivity contribution in [3.05, 3.63) is 23.0 Å². The van der Waals surface area contributed by atoms with Gasteiger partial charge in [-0.2, -0.15) is 0 Å². The number of nitrogens with one attached hydrogen (secondary N) is 2. The molecule has 0 amide bonds. The molecule has 0 radical (unpaired) electrons. The van der Waals surface area contributed by atoms with E-state index in [4.69, 9.17) is 0 Å². The van der Waals surface area contributed by atoms with Crippen molar-refractivity contribution in [1.82, 2.24) is 30.2 Å². The number of hydrogen-bond donors (Lipinski definition) is 2. The highest BCUT2D eigenvalue weighted by atomic mass is 32.2. The zero-order valence-electron chi connectivity index (χ0n) is 19.0. The van der Waals surface area contributed by atoms with Crippen LogP contribution in [0.3, 0.4) is 0 Å². The smallest absolute Gasteiger partial charge is 0.291 e. The van der Waals surface area contributed by atoms with Gasteiger partial charge in [0.2, 0.25) is 10.0 Å². The van der Waals surface area contributed by atoms with Crippen molar-refractivity contribution in [3.8, 4) is 10.7 Å². The molecule has 2 N–H and O–H groups in total. The summed E-state index contributed by atoms with van der Waals surface area (Å²) in [6.45, 7) is 7.78. The first-order valence-corrected chi connectivity index (χ1v) is 13.3. The number of anilines is 1. The van der Waals surface area contributed by atoms with E-state index in [-0.39, 0.29) is 15.9 Å². The Morgan fingerprint density at radius 1 is 1.26 bits per heavy atom. The molecule has 0 bridgehead atoms. The number of fused-ring (bicyclic) bond motifs is 1. The van der Waals surface area contributed by atoms with Gasteiger partial charge < -0.3 is 10.2 Å². The first kappa shape index (κ1) is 23.4. The summed E-state index contributed by atoms with van der Waals surface area (Å²) in [5.74, 6) is 0.430. The number of piperazine rings is 1. The molecule has 1 aliphatic heterocycles. The molecule has 2 fully saturated rings. The molecule has 1 atom stereocenters. The average molecular weight is 510 g/mol. The molecular weight excluding hydrogens is 484 g/mol. The summed E-state index contributed by atoms with van der Waals surface area (Å²) in [6, 6.07) is 3.26. The molecule has 9 nitrogen and oxygen atoms in total. The Hall–Kier alpha value is -2.35. The number of hydrogen-bond acceptors (Lipinski definition) is 9. The van der Waals surface area contributed by atoms with Gasteiger partial charge in [-0.25, -0.2) is 31.9 Å². The third-order valence-corrected chi connectivity index (χ3v) is 8.75. The van der Waals surface area contributed by atoms with E-state index in [1.54, 1.807) is 13.0 Å². The van der Waals surface area contributed by atoms with Crippen molar-refractivity contribution < 1.29 is 17.2 Å². The normalized spacial score (nSPS) is 20.3. The van der Waals surface area contributed by atoms with Gasteiger partial charge in [-0.05, 0) is 45.7 Å². The molecule has 1 aromatic carbocycles. The van der Waals surface area contributed by atoms with Gasteiger partial charge in [-0.1, -0.05) is 11.3 Å². The molecule has 3 heterocycles. The second-order valence-corrected chi connectivity index (χ2v) is 11.8. The summed E-state index contributed by atoms with van der Waals surface area (Å²) in [6.07, 6.45) is -1.20. The van der Waals surface area contributed by atoms with Gasteiger partial charge in [-0.15, -0.1) is 10.2 Å². The predicted molar refractivity (Wildman–Crippen MR) is 126 cm³/mol. The number of aryl methyl sites for hydroxylation is 1. The van der Waals surface area contributed by atoms with Gasteiger partial charge in [0.25, 0.3) is 6.43 Å². The fourth-order valence-electron chi connectivity index (χ4n) is 4.13. The van der Waals surface area contributed by atoms with Crippen LogP contribution < -0.4 is 14.9 Å². The van der Waals surface area contributed by atoms with Crippen LogP contribution in [0.4, 0.5) is 14.5 Å². The quantitative estimate of drug-likeness (QED) is 0.522. The van der Waals surface area contributed by atoms with Crippen LogP contribution in [-0.4, -0.2) is 59.8 Å². The minimum absolute atomic E-state index is 0.0844. The molecule has 0 spiro atoms. The zero-order valence-corrected chi connectivity index (χ0v) is 20.6. The SMILES string of the molecule is Cc1nc(-c2nnc(C(F)F)s2)c2cc(S(=O)(=O)NC3(C)CC3)cc(N3CCNC[C@H]3C)c2n1. The topological polar surface area (TPSA) is 113 Å². The lowest BCUT2D eigenvalue weighted by Crippen LogP contribution is -2.50. The molecule has 0 unspecified atom stereocenters. The van der Waals surface area contributed by atoms with Gasteiger partial charge in [0.1, 0.15) is 11.5 Å². The van der Waals surface area contributed by atoms with Crippen molar-refractivity contribution in [2.75, 3.05) is 24.5 Å². The minimum Gasteiger partial charge on any atom is -0.364 e. The maximum atomic E-state index is 13.3. The highest BCUT2D eigenvalue weighted by molar-refractivity contribution is 7.89. The molecule has 1 saturated carbocycles. The van der Waals surface area contributed by atoms with Crippen molar-refractivity contribution >= 4 is 38.0 Å². The van der Waals surface area contributed by atoms with Gasteiger partial charge in [0, 0.05) is 36.6 Å². The summed E-state index contributed by atoms with van der Waals surface area (Å²) in [4.78, 5) is 11.3.